The quantitative estimate of drug-likeness (QED) is 0.397. The normalized spacial score (nSPS) is 28.8. The standard InChI is InChI=1S/C25H27FN6O3/c26-20-3-1-2-17(5-20)13-30-14-21(11-27-30)29-23(33)10-24-6-18-4-19(7-24)9-25(8-18,16-24)31-15-22(12-28-31)32(34)35/h1-3,5,11-12,14-15,18-19H,4,6-10,13,16H2,(H,29,33). The minimum atomic E-state index is -0.401. The van der Waals surface area contributed by atoms with Crippen LogP contribution in [-0.4, -0.2) is 30.4 Å². The maximum atomic E-state index is 13.5. The van der Waals surface area contributed by atoms with Crippen LogP contribution in [0.2, 0.25) is 0 Å². The molecule has 0 radical (unpaired) electrons. The van der Waals surface area contributed by atoms with Gasteiger partial charge in [0.1, 0.15) is 18.2 Å². The number of rotatable bonds is 7. The number of benzene rings is 1. The van der Waals surface area contributed by atoms with Gasteiger partial charge in [-0.2, -0.15) is 10.2 Å². The lowest BCUT2D eigenvalue weighted by atomic mass is 9.46. The second-order valence-corrected chi connectivity index (χ2v) is 10.9. The highest BCUT2D eigenvalue weighted by molar-refractivity contribution is 5.90. The summed E-state index contributed by atoms with van der Waals surface area (Å²) in [7, 11) is 0. The van der Waals surface area contributed by atoms with E-state index in [0.29, 0.717) is 30.5 Å². The van der Waals surface area contributed by atoms with E-state index in [2.05, 4.69) is 15.5 Å². The predicted octanol–water partition coefficient (Wildman–Crippen LogP) is 4.50. The van der Waals surface area contributed by atoms with Crippen molar-refractivity contribution in [1.82, 2.24) is 19.6 Å². The monoisotopic (exact) mass is 478 g/mol. The minimum absolute atomic E-state index is 0.0165. The van der Waals surface area contributed by atoms with Crippen molar-refractivity contribution in [1.29, 1.82) is 0 Å². The molecule has 2 heterocycles. The smallest absolute Gasteiger partial charge is 0.307 e. The molecular formula is C25H27FN6O3. The van der Waals surface area contributed by atoms with E-state index in [1.807, 2.05) is 10.7 Å². The minimum Gasteiger partial charge on any atom is -0.323 e. The first-order valence-corrected chi connectivity index (χ1v) is 12.1. The van der Waals surface area contributed by atoms with Gasteiger partial charge in [-0.15, -0.1) is 0 Å². The van der Waals surface area contributed by atoms with E-state index in [1.165, 1.54) is 24.8 Å². The number of carbonyl (C=O) groups is 1. The average molecular weight is 479 g/mol. The highest BCUT2D eigenvalue weighted by atomic mass is 19.1. The van der Waals surface area contributed by atoms with Gasteiger partial charge in [-0.25, -0.2) is 4.39 Å². The molecule has 2 atom stereocenters. The van der Waals surface area contributed by atoms with Crippen molar-refractivity contribution in [3.63, 3.8) is 0 Å². The third kappa shape index (κ3) is 4.11. The number of hydrogen-bond donors (Lipinski definition) is 1. The molecule has 1 amide bonds. The Morgan fingerprint density at radius 2 is 1.97 bits per heavy atom. The van der Waals surface area contributed by atoms with Crippen LogP contribution in [0.3, 0.4) is 0 Å². The summed E-state index contributed by atoms with van der Waals surface area (Å²) in [6.45, 7) is 0.416. The Bertz CT molecular complexity index is 1290. The van der Waals surface area contributed by atoms with E-state index < -0.39 is 4.92 Å². The molecule has 4 aliphatic rings. The van der Waals surface area contributed by atoms with Crippen molar-refractivity contribution < 1.29 is 14.1 Å². The molecule has 4 bridgehead atoms. The van der Waals surface area contributed by atoms with Crippen molar-refractivity contribution in [3.05, 3.63) is 70.5 Å². The predicted molar refractivity (Wildman–Crippen MR) is 125 cm³/mol. The second-order valence-electron chi connectivity index (χ2n) is 10.9. The molecule has 9 nitrogen and oxygen atoms in total. The summed E-state index contributed by atoms with van der Waals surface area (Å²) < 4.78 is 17.0. The molecule has 0 spiro atoms. The van der Waals surface area contributed by atoms with Crippen LogP contribution < -0.4 is 5.32 Å². The molecule has 7 rings (SSSR count). The zero-order chi connectivity index (χ0) is 24.2. The fourth-order valence-electron chi connectivity index (χ4n) is 7.43. The topological polar surface area (TPSA) is 108 Å². The van der Waals surface area contributed by atoms with Crippen LogP contribution in [0, 0.1) is 33.2 Å². The summed E-state index contributed by atoms with van der Waals surface area (Å²) >= 11 is 0. The molecule has 10 heteroatoms. The van der Waals surface area contributed by atoms with E-state index in [1.54, 1.807) is 29.3 Å². The van der Waals surface area contributed by atoms with Crippen LogP contribution in [0.15, 0.2) is 49.1 Å². The molecular weight excluding hydrogens is 451 g/mol. The number of amides is 1. The Morgan fingerprint density at radius 3 is 2.69 bits per heavy atom. The third-order valence-electron chi connectivity index (χ3n) is 8.10. The lowest BCUT2D eigenvalue weighted by Crippen LogP contribution is -2.57. The summed E-state index contributed by atoms with van der Waals surface area (Å²) in [6.07, 6.45) is 12.6. The zero-order valence-electron chi connectivity index (χ0n) is 19.3. The van der Waals surface area contributed by atoms with Crippen LogP contribution in [0.4, 0.5) is 15.8 Å². The van der Waals surface area contributed by atoms with Crippen LogP contribution in [0.1, 0.15) is 50.5 Å². The van der Waals surface area contributed by atoms with Gasteiger partial charge < -0.3 is 5.32 Å². The third-order valence-corrected chi connectivity index (χ3v) is 8.10. The molecule has 1 aromatic carbocycles. The molecule has 4 aliphatic carbocycles. The fraction of sp³-hybridized carbons (Fsp3) is 0.480. The highest BCUT2D eigenvalue weighted by Crippen LogP contribution is 2.65. The summed E-state index contributed by atoms with van der Waals surface area (Å²) in [4.78, 5) is 24.0. The van der Waals surface area contributed by atoms with Gasteiger partial charge >= 0.3 is 5.69 Å². The van der Waals surface area contributed by atoms with Gasteiger partial charge in [0, 0.05) is 12.6 Å². The van der Waals surface area contributed by atoms with Crippen LogP contribution in [0.5, 0.6) is 0 Å². The molecule has 4 saturated carbocycles. The van der Waals surface area contributed by atoms with Crippen LogP contribution >= 0.6 is 0 Å². The molecule has 0 saturated heterocycles. The Morgan fingerprint density at radius 1 is 1.17 bits per heavy atom. The first-order chi connectivity index (χ1) is 16.8. The SMILES string of the molecule is O=C(CC12CC3CC(C1)CC(n1cc([N+](=O)[O-])cn1)(C3)C2)Nc1cnn(Cc2cccc(F)c2)c1. The van der Waals surface area contributed by atoms with Crippen molar-refractivity contribution in [2.24, 2.45) is 17.3 Å². The van der Waals surface area contributed by atoms with Crippen molar-refractivity contribution in [2.45, 2.75) is 57.0 Å². The Hall–Kier alpha value is -3.56. The molecule has 1 N–H and O–H groups in total. The van der Waals surface area contributed by atoms with Crippen LogP contribution in [-0.2, 0) is 16.9 Å². The number of nitrogens with zero attached hydrogens (tertiary/aromatic N) is 5. The van der Waals surface area contributed by atoms with Gasteiger partial charge in [0.2, 0.25) is 5.91 Å². The number of nitro groups is 1. The number of anilines is 1. The lowest BCUT2D eigenvalue weighted by Gasteiger charge is -2.61. The number of nitrogens with one attached hydrogen (secondary N) is 1. The Balaban J connectivity index is 1.15. The summed E-state index contributed by atoms with van der Waals surface area (Å²) in [5.41, 5.74) is 1.07. The molecule has 4 fully saturated rings. The molecule has 0 aliphatic heterocycles. The number of halogens is 1. The summed E-state index contributed by atoms with van der Waals surface area (Å²) in [6, 6.07) is 6.37. The molecule has 3 aromatic rings. The van der Waals surface area contributed by atoms with E-state index in [4.69, 9.17) is 0 Å². The molecule has 2 aromatic heterocycles. The van der Waals surface area contributed by atoms with E-state index >= 15 is 0 Å². The first-order valence-electron chi connectivity index (χ1n) is 12.1. The van der Waals surface area contributed by atoms with Gasteiger partial charge in [0.05, 0.1) is 28.9 Å². The Labute approximate surface area is 201 Å². The second kappa shape index (κ2) is 8.00. The average Bonchev–Trinajstić information content (AvgIpc) is 3.43. The van der Waals surface area contributed by atoms with Crippen molar-refractivity contribution in [3.8, 4) is 0 Å². The fourth-order valence-corrected chi connectivity index (χ4v) is 7.43. The maximum absolute atomic E-state index is 13.5. The van der Waals surface area contributed by atoms with Crippen LogP contribution in [0.25, 0.3) is 0 Å². The van der Waals surface area contributed by atoms with E-state index in [9.17, 15) is 19.3 Å². The maximum Gasteiger partial charge on any atom is 0.307 e. The van der Waals surface area contributed by atoms with E-state index in [0.717, 1.165) is 37.7 Å². The molecule has 35 heavy (non-hydrogen) atoms. The highest BCUT2D eigenvalue weighted by Gasteiger charge is 2.59. The van der Waals surface area contributed by atoms with Crippen molar-refractivity contribution >= 4 is 17.3 Å². The van der Waals surface area contributed by atoms with Gasteiger partial charge in [-0.1, -0.05) is 12.1 Å². The number of aromatic nitrogens is 4. The zero-order valence-corrected chi connectivity index (χ0v) is 19.3. The summed E-state index contributed by atoms with van der Waals surface area (Å²) in [5, 5.41) is 22.9. The number of carbonyl (C=O) groups excluding carboxylic acids is 1. The lowest BCUT2D eigenvalue weighted by molar-refractivity contribution is -0.385. The molecule has 182 valence electrons. The molecule has 2 unspecified atom stereocenters. The van der Waals surface area contributed by atoms with Gasteiger partial charge in [0.15, 0.2) is 0 Å². The Kier molecular flexibility index (Phi) is 5.01. The van der Waals surface area contributed by atoms with Gasteiger partial charge in [-0.3, -0.25) is 24.3 Å². The van der Waals surface area contributed by atoms with E-state index in [-0.39, 0.29) is 28.4 Å². The first kappa shape index (κ1) is 21.9. The number of hydrogen-bond acceptors (Lipinski definition) is 5. The van der Waals surface area contributed by atoms with Crippen molar-refractivity contribution in [2.75, 3.05) is 5.32 Å². The summed E-state index contributed by atoms with van der Waals surface area (Å²) in [5.74, 6) is 0.697. The van der Waals surface area contributed by atoms with Gasteiger partial charge in [0.25, 0.3) is 0 Å². The van der Waals surface area contributed by atoms with Gasteiger partial charge in [-0.05, 0) is 73.5 Å². The largest absolute Gasteiger partial charge is 0.323 e.